The molecule has 2 aromatic heterocycles. The van der Waals surface area contributed by atoms with Crippen LogP contribution in [0.25, 0.3) is 11.2 Å². The van der Waals surface area contributed by atoms with Crippen molar-refractivity contribution in [3.63, 3.8) is 0 Å². The summed E-state index contributed by atoms with van der Waals surface area (Å²) in [6.45, 7) is 2.96. The Labute approximate surface area is 169 Å². The van der Waals surface area contributed by atoms with Crippen LogP contribution in [-0.2, 0) is 9.47 Å². The van der Waals surface area contributed by atoms with Crippen LogP contribution in [0.3, 0.4) is 0 Å². The van der Waals surface area contributed by atoms with Crippen LogP contribution < -0.4 is 11.3 Å². The van der Waals surface area contributed by atoms with Gasteiger partial charge in [0.05, 0.1) is 12.9 Å². The van der Waals surface area contributed by atoms with E-state index in [1.165, 1.54) is 43.0 Å². The Morgan fingerprint density at radius 1 is 1.21 bits per heavy atom. The molecular formula is C19H31N5O5. The van der Waals surface area contributed by atoms with Crippen molar-refractivity contribution in [3.05, 3.63) is 16.7 Å². The summed E-state index contributed by atoms with van der Waals surface area (Å²) >= 11 is 0. The van der Waals surface area contributed by atoms with Gasteiger partial charge in [0.25, 0.3) is 5.56 Å². The number of nitrogens with two attached hydrogens (primary N) is 1. The number of unbranched alkanes of at least 4 members (excludes halogenated alkanes) is 6. The average Bonchev–Trinajstić information content (AvgIpc) is 3.23. The van der Waals surface area contributed by atoms with E-state index in [4.69, 9.17) is 15.2 Å². The summed E-state index contributed by atoms with van der Waals surface area (Å²) in [7, 11) is 0. The molecule has 1 aliphatic rings. The molecule has 162 valence electrons. The molecule has 10 heteroatoms. The van der Waals surface area contributed by atoms with Crippen molar-refractivity contribution in [3.8, 4) is 0 Å². The zero-order chi connectivity index (χ0) is 20.8. The maximum Gasteiger partial charge on any atom is 0.280 e. The summed E-state index contributed by atoms with van der Waals surface area (Å²) in [6.07, 6.45) is 5.75. The second-order valence-corrected chi connectivity index (χ2v) is 7.52. The Hall–Kier alpha value is -2.01. The van der Waals surface area contributed by atoms with Gasteiger partial charge in [-0.25, -0.2) is 4.98 Å². The number of nitrogen functional groups attached to an aromatic ring is 1. The van der Waals surface area contributed by atoms with E-state index in [9.17, 15) is 15.0 Å². The highest BCUT2D eigenvalue weighted by Crippen LogP contribution is 2.31. The number of hydrogen-bond donors (Lipinski definition) is 4. The molecule has 0 aromatic carbocycles. The summed E-state index contributed by atoms with van der Waals surface area (Å²) in [5, 5.41) is 20.7. The third kappa shape index (κ3) is 5.13. The Morgan fingerprint density at radius 3 is 2.69 bits per heavy atom. The van der Waals surface area contributed by atoms with Gasteiger partial charge in [-0.2, -0.15) is 4.98 Å². The van der Waals surface area contributed by atoms with Gasteiger partial charge >= 0.3 is 0 Å². The van der Waals surface area contributed by atoms with E-state index >= 15 is 0 Å². The van der Waals surface area contributed by atoms with Gasteiger partial charge in [-0.05, 0) is 6.42 Å². The van der Waals surface area contributed by atoms with E-state index in [-0.39, 0.29) is 23.7 Å². The summed E-state index contributed by atoms with van der Waals surface area (Å²) in [6, 6.07) is 0. The Bertz CT molecular complexity index is 838. The molecule has 3 heterocycles. The fourth-order valence-electron chi connectivity index (χ4n) is 3.59. The number of aliphatic hydroxyl groups excluding tert-OH is 2. The summed E-state index contributed by atoms with van der Waals surface area (Å²) in [4.78, 5) is 22.4. The van der Waals surface area contributed by atoms with Crippen molar-refractivity contribution in [1.82, 2.24) is 19.5 Å². The van der Waals surface area contributed by atoms with Gasteiger partial charge < -0.3 is 25.4 Å². The summed E-state index contributed by atoms with van der Waals surface area (Å²) < 4.78 is 12.8. The lowest BCUT2D eigenvalue weighted by Gasteiger charge is -2.16. The predicted molar refractivity (Wildman–Crippen MR) is 107 cm³/mol. The molecule has 5 N–H and O–H groups in total. The first kappa shape index (κ1) is 21.7. The molecule has 29 heavy (non-hydrogen) atoms. The summed E-state index contributed by atoms with van der Waals surface area (Å²) in [5.74, 6) is -0.0631. The third-order valence-corrected chi connectivity index (χ3v) is 5.24. The van der Waals surface area contributed by atoms with Crippen LogP contribution in [0.1, 0.15) is 58.1 Å². The molecule has 0 saturated carbocycles. The highest BCUT2D eigenvalue weighted by molar-refractivity contribution is 5.70. The van der Waals surface area contributed by atoms with Crippen LogP contribution in [0.2, 0.25) is 0 Å². The standard InChI is InChI=1S/C19H31N5O5/c1-2-3-4-5-6-7-8-9-28-10-12-14(25)15(26)18(29-12)24-11-21-13-16(24)22-19(20)23-17(13)27/h11-12,14-15,18,25-26H,2-10H2,1H3,(H3,20,22,23,27)/t12-,14-,15-,18-/m1/s1. The molecular weight excluding hydrogens is 378 g/mol. The minimum absolute atomic E-state index is 0.0631. The number of aromatic nitrogens is 4. The molecule has 1 aliphatic heterocycles. The fourth-order valence-corrected chi connectivity index (χ4v) is 3.59. The zero-order valence-electron chi connectivity index (χ0n) is 16.8. The van der Waals surface area contributed by atoms with Gasteiger partial charge in [-0.15, -0.1) is 0 Å². The number of hydrogen-bond acceptors (Lipinski definition) is 8. The smallest absolute Gasteiger partial charge is 0.280 e. The molecule has 3 rings (SSSR count). The molecule has 1 fully saturated rings. The number of aliphatic hydroxyl groups is 2. The maximum absolute atomic E-state index is 11.9. The first-order valence-electron chi connectivity index (χ1n) is 10.3. The quantitative estimate of drug-likeness (QED) is 0.403. The Balaban J connectivity index is 1.50. The normalized spacial score (nSPS) is 24.5. The monoisotopic (exact) mass is 409 g/mol. The van der Waals surface area contributed by atoms with E-state index in [0.29, 0.717) is 6.61 Å². The lowest BCUT2D eigenvalue weighted by atomic mass is 10.1. The highest BCUT2D eigenvalue weighted by Gasteiger charge is 2.44. The van der Waals surface area contributed by atoms with Crippen molar-refractivity contribution in [2.75, 3.05) is 18.9 Å². The molecule has 10 nitrogen and oxygen atoms in total. The van der Waals surface area contributed by atoms with Crippen LogP contribution in [0.15, 0.2) is 11.1 Å². The Kier molecular flexibility index (Phi) is 7.59. The lowest BCUT2D eigenvalue weighted by molar-refractivity contribution is -0.0657. The molecule has 2 aromatic rings. The second-order valence-electron chi connectivity index (χ2n) is 7.52. The van der Waals surface area contributed by atoms with E-state index in [0.717, 1.165) is 12.8 Å². The van der Waals surface area contributed by atoms with E-state index in [1.54, 1.807) is 0 Å². The Morgan fingerprint density at radius 2 is 1.93 bits per heavy atom. The number of imidazole rings is 1. The maximum atomic E-state index is 11.9. The number of nitrogens with one attached hydrogen (secondary N) is 1. The van der Waals surface area contributed by atoms with Gasteiger partial charge in [0, 0.05) is 6.61 Å². The van der Waals surface area contributed by atoms with Crippen LogP contribution in [0.4, 0.5) is 5.95 Å². The van der Waals surface area contributed by atoms with E-state index in [1.807, 2.05) is 0 Å². The van der Waals surface area contributed by atoms with Gasteiger partial charge in [-0.3, -0.25) is 14.3 Å². The average molecular weight is 409 g/mol. The lowest BCUT2D eigenvalue weighted by Crippen LogP contribution is -2.34. The van der Waals surface area contributed by atoms with Gasteiger partial charge in [0.2, 0.25) is 5.95 Å². The van der Waals surface area contributed by atoms with Crippen LogP contribution in [0.5, 0.6) is 0 Å². The van der Waals surface area contributed by atoms with E-state index < -0.39 is 30.1 Å². The molecule has 0 bridgehead atoms. The number of ether oxygens (including phenoxy) is 2. The van der Waals surface area contributed by atoms with Crippen molar-refractivity contribution in [1.29, 1.82) is 0 Å². The molecule has 0 spiro atoms. The van der Waals surface area contributed by atoms with Gasteiger partial charge in [0.15, 0.2) is 17.4 Å². The first-order valence-corrected chi connectivity index (χ1v) is 10.3. The minimum atomic E-state index is -1.21. The number of aromatic amines is 1. The second kappa shape index (κ2) is 10.1. The largest absolute Gasteiger partial charge is 0.387 e. The van der Waals surface area contributed by atoms with E-state index in [2.05, 4.69) is 21.9 Å². The number of H-pyrrole nitrogens is 1. The molecule has 0 amide bonds. The zero-order valence-corrected chi connectivity index (χ0v) is 16.8. The van der Waals surface area contributed by atoms with Crippen molar-refractivity contribution in [2.45, 2.75) is 76.4 Å². The first-order chi connectivity index (χ1) is 14.0. The summed E-state index contributed by atoms with van der Waals surface area (Å²) in [5.41, 5.74) is 5.40. The fraction of sp³-hybridized carbons (Fsp3) is 0.737. The topological polar surface area (TPSA) is 149 Å². The van der Waals surface area contributed by atoms with Crippen molar-refractivity contribution < 1.29 is 19.7 Å². The third-order valence-electron chi connectivity index (χ3n) is 5.24. The SMILES string of the molecule is CCCCCCCCCOC[C@H]1O[C@@H](n2cnc3c(=O)[nH]c(N)nc32)[C@H](O)[C@@H]1O. The van der Waals surface area contributed by atoms with Crippen LogP contribution in [-0.4, -0.2) is 61.3 Å². The van der Waals surface area contributed by atoms with Gasteiger partial charge in [0.1, 0.15) is 18.3 Å². The number of rotatable bonds is 11. The predicted octanol–water partition coefficient (Wildman–Crippen LogP) is 1.09. The molecule has 0 unspecified atom stereocenters. The number of anilines is 1. The molecule has 4 atom stereocenters. The van der Waals surface area contributed by atoms with Crippen molar-refractivity contribution >= 4 is 17.1 Å². The number of nitrogens with zero attached hydrogens (tertiary/aromatic N) is 3. The number of fused-ring (bicyclic) bond motifs is 1. The van der Waals surface area contributed by atoms with Gasteiger partial charge in [-0.1, -0.05) is 45.4 Å². The minimum Gasteiger partial charge on any atom is -0.387 e. The molecule has 0 radical (unpaired) electrons. The van der Waals surface area contributed by atoms with Crippen LogP contribution >= 0.6 is 0 Å². The molecule has 0 aliphatic carbocycles. The highest BCUT2D eigenvalue weighted by atomic mass is 16.6. The van der Waals surface area contributed by atoms with Crippen LogP contribution in [0, 0.1) is 0 Å². The van der Waals surface area contributed by atoms with Crippen molar-refractivity contribution in [2.24, 2.45) is 0 Å². The molecule has 1 saturated heterocycles.